The van der Waals surface area contributed by atoms with E-state index in [2.05, 4.69) is 21.2 Å². The van der Waals surface area contributed by atoms with Crippen LogP contribution in [0.3, 0.4) is 0 Å². The molecule has 0 aromatic heterocycles. The van der Waals surface area contributed by atoms with Crippen LogP contribution in [0.15, 0.2) is 24.3 Å². The van der Waals surface area contributed by atoms with E-state index >= 15 is 0 Å². The highest BCUT2D eigenvalue weighted by atomic mass is 79.9. The van der Waals surface area contributed by atoms with Crippen molar-refractivity contribution in [2.75, 3.05) is 24.2 Å². The van der Waals surface area contributed by atoms with E-state index in [9.17, 15) is 9.59 Å². The SMILES string of the molecule is CC(=O)c1ccc(NC(=O)N(C)CCCBr)cc1. The first kappa shape index (κ1) is 14.7. The van der Waals surface area contributed by atoms with Crippen molar-refractivity contribution in [3.05, 3.63) is 29.8 Å². The lowest BCUT2D eigenvalue weighted by Crippen LogP contribution is -2.32. The van der Waals surface area contributed by atoms with E-state index in [1.807, 2.05) is 0 Å². The van der Waals surface area contributed by atoms with E-state index in [0.717, 1.165) is 11.8 Å². The van der Waals surface area contributed by atoms with E-state index in [0.29, 0.717) is 17.8 Å². The van der Waals surface area contributed by atoms with Gasteiger partial charge in [-0.1, -0.05) is 15.9 Å². The standard InChI is InChI=1S/C13H17BrN2O2/c1-10(17)11-4-6-12(7-5-11)15-13(18)16(2)9-3-8-14/h4-7H,3,8-9H2,1-2H3,(H,15,18). The Morgan fingerprint density at radius 2 is 1.89 bits per heavy atom. The van der Waals surface area contributed by atoms with Crippen LogP contribution in [0.1, 0.15) is 23.7 Å². The highest BCUT2D eigenvalue weighted by Gasteiger charge is 2.08. The predicted octanol–water partition coefficient (Wildman–Crippen LogP) is 3.14. The third kappa shape index (κ3) is 4.49. The monoisotopic (exact) mass is 312 g/mol. The summed E-state index contributed by atoms with van der Waals surface area (Å²) in [5.41, 5.74) is 1.33. The molecule has 18 heavy (non-hydrogen) atoms. The van der Waals surface area contributed by atoms with Crippen molar-refractivity contribution in [2.24, 2.45) is 0 Å². The number of halogens is 1. The number of carbonyl (C=O) groups excluding carboxylic acids is 2. The van der Waals surface area contributed by atoms with Crippen molar-refractivity contribution in [3.8, 4) is 0 Å². The zero-order valence-electron chi connectivity index (χ0n) is 10.6. The lowest BCUT2D eigenvalue weighted by Gasteiger charge is -2.17. The Kier molecular flexibility index (Phi) is 5.85. The second-order valence-corrected chi connectivity index (χ2v) is 4.82. The average Bonchev–Trinajstić information content (AvgIpc) is 2.36. The average molecular weight is 313 g/mol. The number of rotatable bonds is 5. The molecule has 0 atom stereocenters. The molecule has 4 nitrogen and oxygen atoms in total. The van der Waals surface area contributed by atoms with E-state index in [4.69, 9.17) is 0 Å². The molecule has 0 fully saturated rings. The molecule has 0 heterocycles. The Morgan fingerprint density at radius 3 is 2.39 bits per heavy atom. The summed E-state index contributed by atoms with van der Waals surface area (Å²) >= 11 is 3.33. The smallest absolute Gasteiger partial charge is 0.321 e. The maximum Gasteiger partial charge on any atom is 0.321 e. The maximum absolute atomic E-state index is 11.8. The number of urea groups is 1. The van der Waals surface area contributed by atoms with Crippen LogP contribution in [0.25, 0.3) is 0 Å². The Labute approximate surface area is 115 Å². The van der Waals surface area contributed by atoms with Gasteiger partial charge in [-0.3, -0.25) is 4.79 Å². The Balaban J connectivity index is 2.56. The van der Waals surface area contributed by atoms with Gasteiger partial charge in [-0.15, -0.1) is 0 Å². The Morgan fingerprint density at radius 1 is 1.28 bits per heavy atom. The fourth-order valence-electron chi connectivity index (χ4n) is 1.41. The molecule has 1 aromatic carbocycles. The highest BCUT2D eigenvalue weighted by Crippen LogP contribution is 2.10. The number of benzene rings is 1. The molecule has 98 valence electrons. The number of anilines is 1. The summed E-state index contributed by atoms with van der Waals surface area (Å²) in [6.45, 7) is 2.21. The summed E-state index contributed by atoms with van der Waals surface area (Å²) in [7, 11) is 1.75. The van der Waals surface area contributed by atoms with E-state index in [1.165, 1.54) is 6.92 Å². The number of amides is 2. The quantitative estimate of drug-likeness (QED) is 0.670. The van der Waals surface area contributed by atoms with Crippen LogP contribution in [0.5, 0.6) is 0 Å². The van der Waals surface area contributed by atoms with Crippen molar-refractivity contribution in [1.29, 1.82) is 0 Å². The first-order chi connectivity index (χ1) is 8.54. The lowest BCUT2D eigenvalue weighted by molar-refractivity contribution is 0.101. The molecule has 0 radical (unpaired) electrons. The molecule has 0 saturated heterocycles. The molecule has 0 spiro atoms. The maximum atomic E-state index is 11.8. The molecule has 0 aliphatic heterocycles. The van der Waals surface area contributed by atoms with Crippen molar-refractivity contribution >= 4 is 33.4 Å². The fourth-order valence-corrected chi connectivity index (χ4v) is 1.66. The molecular formula is C13H17BrN2O2. The minimum Gasteiger partial charge on any atom is -0.328 e. The number of nitrogens with zero attached hydrogens (tertiary/aromatic N) is 1. The van der Waals surface area contributed by atoms with Gasteiger partial charge in [0, 0.05) is 30.2 Å². The van der Waals surface area contributed by atoms with Crippen LogP contribution in [-0.4, -0.2) is 35.6 Å². The molecule has 0 bridgehead atoms. The Hall–Kier alpha value is -1.36. The summed E-state index contributed by atoms with van der Waals surface area (Å²) in [5.74, 6) is 0.0160. The summed E-state index contributed by atoms with van der Waals surface area (Å²) in [6.07, 6.45) is 0.910. The van der Waals surface area contributed by atoms with Gasteiger partial charge in [0.05, 0.1) is 0 Å². The molecule has 5 heteroatoms. The molecule has 1 N–H and O–H groups in total. The van der Waals surface area contributed by atoms with Crippen molar-refractivity contribution in [2.45, 2.75) is 13.3 Å². The van der Waals surface area contributed by atoms with Gasteiger partial charge in [0.2, 0.25) is 0 Å². The van der Waals surface area contributed by atoms with Crippen molar-refractivity contribution in [3.63, 3.8) is 0 Å². The topological polar surface area (TPSA) is 49.4 Å². The van der Waals surface area contributed by atoms with Crippen LogP contribution >= 0.6 is 15.9 Å². The second-order valence-electron chi connectivity index (χ2n) is 4.03. The third-order valence-corrected chi connectivity index (χ3v) is 3.08. The minimum atomic E-state index is -0.147. The van der Waals surface area contributed by atoms with E-state index < -0.39 is 0 Å². The first-order valence-electron chi connectivity index (χ1n) is 5.73. The van der Waals surface area contributed by atoms with Crippen LogP contribution in [0, 0.1) is 0 Å². The van der Waals surface area contributed by atoms with Crippen LogP contribution in [0.4, 0.5) is 10.5 Å². The van der Waals surface area contributed by atoms with Gasteiger partial charge in [-0.25, -0.2) is 4.79 Å². The molecule has 0 aliphatic carbocycles. The Bertz CT molecular complexity index is 418. The predicted molar refractivity (Wildman–Crippen MR) is 76.5 cm³/mol. The van der Waals surface area contributed by atoms with Crippen molar-refractivity contribution in [1.82, 2.24) is 4.90 Å². The minimum absolute atomic E-state index is 0.0160. The molecule has 1 aromatic rings. The number of hydrogen-bond donors (Lipinski definition) is 1. The summed E-state index contributed by atoms with van der Waals surface area (Å²) in [4.78, 5) is 24.5. The number of carbonyl (C=O) groups is 2. The molecule has 2 amide bonds. The molecular weight excluding hydrogens is 296 g/mol. The van der Waals surface area contributed by atoms with Gasteiger partial charge in [0.25, 0.3) is 0 Å². The zero-order chi connectivity index (χ0) is 13.5. The fraction of sp³-hybridized carbons (Fsp3) is 0.385. The van der Waals surface area contributed by atoms with Crippen LogP contribution in [-0.2, 0) is 0 Å². The number of ketones is 1. The zero-order valence-corrected chi connectivity index (χ0v) is 12.2. The first-order valence-corrected chi connectivity index (χ1v) is 6.86. The van der Waals surface area contributed by atoms with Gasteiger partial charge in [0.15, 0.2) is 5.78 Å². The molecule has 0 saturated carbocycles. The molecule has 0 aliphatic rings. The third-order valence-electron chi connectivity index (χ3n) is 2.52. The van der Waals surface area contributed by atoms with Gasteiger partial charge >= 0.3 is 6.03 Å². The summed E-state index contributed by atoms with van der Waals surface area (Å²) < 4.78 is 0. The summed E-state index contributed by atoms with van der Waals surface area (Å²) in [5, 5.41) is 3.65. The number of alkyl halides is 1. The lowest BCUT2D eigenvalue weighted by atomic mass is 10.1. The number of nitrogens with one attached hydrogen (secondary N) is 1. The van der Waals surface area contributed by atoms with Gasteiger partial charge in [-0.2, -0.15) is 0 Å². The molecule has 1 rings (SSSR count). The normalized spacial score (nSPS) is 9.94. The summed E-state index contributed by atoms with van der Waals surface area (Å²) in [6, 6.07) is 6.72. The largest absolute Gasteiger partial charge is 0.328 e. The van der Waals surface area contributed by atoms with Crippen LogP contribution in [0.2, 0.25) is 0 Å². The highest BCUT2D eigenvalue weighted by molar-refractivity contribution is 9.09. The van der Waals surface area contributed by atoms with Gasteiger partial charge in [0.1, 0.15) is 0 Å². The van der Waals surface area contributed by atoms with Crippen LogP contribution < -0.4 is 5.32 Å². The van der Waals surface area contributed by atoms with Gasteiger partial charge in [-0.05, 0) is 37.6 Å². The molecule has 0 unspecified atom stereocenters. The van der Waals surface area contributed by atoms with Crippen molar-refractivity contribution < 1.29 is 9.59 Å². The van der Waals surface area contributed by atoms with E-state index in [1.54, 1.807) is 36.2 Å². The number of Topliss-reactive ketones (excluding diaryl/α,β-unsaturated/α-hetero) is 1. The van der Waals surface area contributed by atoms with Gasteiger partial charge < -0.3 is 10.2 Å². The second kappa shape index (κ2) is 7.16. The van der Waals surface area contributed by atoms with E-state index in [-0.39, 0.29) is 11.8 Å². The number of hydrogen-bond acceptors (Lipinski definition) is 2.